The fourth-order valence-corrected chi connectivity index (χ4v) is 6.48. The molecule has 12 nitrogen and oxygen atoms in total. The normalized spacial score (nSPS) is 25.7. The molecule has 2 aromatic rings. The number of rotatable bonds is 6. The van der Waals surface area contributed by atoms with E-state index in [0.29, 0.717) is 38.8 Å². The second-order valence-electron chi connectivity index (χ2n) is 12.4. The first-order chi connectivity index (χ1) is 21.5. The third-order valence-electron chi connectivity index (χ3n) is 9.31. The first-order valence-electron chi connectivity index (χ1n) is 15.4. The van der Waals surface area contributed by atoms with E-state index in [1.54, 1.807) is 12.1 Å². The molecule has 250 valence electrons. The first-order valence-corrected chi connectivity index (χ1v) is 15.4. The molecule has 14 heteroatoms. The molecule has 2 spiro atoms. The molecule has 2 unspecified atom stereocenters. The standard InChI is InChI=1S/C16H21NO5.C10H18O3.C6H4FNO2.Na.H/c1-15(8-2-3-9-16(15)21-10-11-22-16)12-20-14-6-4-13(5-7-14)17(18)19;1-9(8-11)4-2-3-5-10(9)12-6-7-13-10;7-5-1-3-6(4-2-5)8(9)10;;/h4-7H,2-3,8-12H2,1H3;11H,2-8H2,1H3;1-4H;;/q;;;+1;-1. The van der Waals surface area contributed by atoms with Crippen LogP contribution < -0.4 is 34.3 Å². The van der Waals surface area contributed by atoms with Gasteiger partial charge in [-0.1, -0.05) is 26.7 Å². The molecular formula is C32H44FN2NaO10. The van der Waals surface area contributed by atoms with Crippen LogP contribution >= 0.6 is 0 Å². The number of hydrogen-bond donors (Lipinski definition) is 1. The monoisotopic (exact) mass is 658 g/mol. The maximum absolute atomic E-state index is 12.1. The van der Waals surface area contributed by atoms with Crippen LogP contribution in [0.4, 0.5) is 15.8 Å². The largest absolute Gasteiger partial charge is 1.00 e. The summed E-state index contributed by atoms with van der Waals surface area (Å²) >= 11 is 0. The molecule has 2 atom stereocenters. The summed E-state index contributed by atoms with van der Waals surface area (Å²) in [6.07, 6.45) is 8.38. The molecule has 4 fully saturated rings. The van der Waals surface area contributed by atoms with Crippen molar-refractivity contribution in [2.45, 2.75) is 76.8 Å². The zero-order valence-electron chi connectivity index (χ0n) is 27.9. The second kappa shape index (κ2) is 16.7. The molecule has 0 amide bonds. The van der Waals surface area contributed by atoms with Crippen LogP contribution in [0.15, 0.2) is 48.5 Å². The fraction of sp³-hybridized carbons (Fsp3) is 0.625. The van der Waals surface area contributed by atoms with Crippen LogP contribution in [0.3, 0.4) is 0 Å². The maximum atomic E-state index is 12.1. The topological polar surface area (TPSA) is 153 Å². The van der Waals surface area contributed by atoms with E-state index in [1.807, 2.05) is 0 Å². The number of nitrogens with zero attached hydrogens (tertiary/aromatic N) is 2. The number of aliphatic hydroxyl groups excluding tert-OH is 1. The third kappa shape index (κ3) is 8.81. The van der Waals surface area contributed by atoms with Crippen molar-refractivity contribution in [3.63, 3.8) is 0 Å². The third-order valence-corrected chi connectivity index (χ3v) is 9.31. The Bertz CT molecular complexity index is 1280. The van der Waals surface area contributed by atoms with Gasteiger partial charge in [0.25, 0.3) is 11.4 Å². The van der Waals surface area contributed by atoms with Crippen LogP contribution in [0.25, 0.3) is 0 Å². The molecule has 0 radical (unpaired) electrons. The van der Waals surface area contributed by atoms with Gasteiger partial charge in [-0.3, -0.25) is 20.2 Å². The van der Waals surface area contributed by atoms with E-state index < -0.39 is 27.2 Å². The zero-order valence-corrected chi connectivity index (χ0v) is 28.9. The van der Waals surface area contributed by atoms with Crippen molar-refractivity contribution in [1.29, 1.82) is 0 Å². The molecule has 2 saturated heterocycles. The van der Waals surface area contributed by atoms with Crippen LogP contribution in [0.5, 0.6) is 5.75 Å². The molecule has 46 heavy (non-hydrogen) atoms. The van der Waals surface area contributed by atoms with E-state index in [2.05, 4.69) is 13.8 Å². The molecular weight excluding hydrogens is 614 g/mol. The van der Waals surface area contributed by atoms with Crippen molar-refractivity contribution >= 4 is 11.4 Å². The van der Waals surface area contributed by atoms with E-state index >= 15 is 0 Å². The average molecular weight is 659 g/mol. The van der Waals surface area contributed by atoms with Gasteiger partial charge in [-0.25, -0.2) is 4.39 Å². The number of benzene rings is 2. The molecule has 2 aliphatic carbocycles. The predicted octanol–water partition coefficient (Wildman–Crippen LogP) is 3.45. The first kappa shape index (κ1) is 38.2. The number of nitro benzene ring substituents is 2. The van der Waals surface area contributed by atoms with Gasteiger partial charge in [0, 0.05) is 42.5 Å². The van der Waals surface area contributed by atoms with Gasteiger partial charge in [0.1, 0.15) is 11.6 Å². The second-order valence-corrected chi connectivity index (χ2v) is 12.4. The van der Waals surface area contributed by atoms with Gasteiger partial charge in [-0.05, 0) is 49.9 Å². The SMILES string of the molecule is CC1(CO)CCCCC12OCCO2.CC1(COc2ccc([N+](=O)[O-])cc2)CCCCC12OCCO2.O=[N+]([O-])c1ccc(F)cc1.[H-].[Na+]. The smallest absolute Gasteiger partial charge is 1.00 e. The Kier molecular flexibility index (Phi) is 13.9. The van der Waals surface area contributed by atoms with Gasteiger partial charge in [0.15, 0.2) is 11.6 Å². The van der Waals surface area contributed by atoms with Crippen molar-refractivity contribution in [2.75, 3.05) is 39.6 Å². The van der Waals surface area contributed by atoms with E-state index in [0.717, 1.165) is 69.2 Å². The number of ether oxygens (including phenoxy) is 5. The number of aliphatic hydroxyl groups is 1. The Balaban J connectivity index is 0.000000263. The number of nitro groups is 2. The Hall–Kier alpha value is -2.23. The van der Waals surface area contributed by atoms with Crippen LogP contribution in [0.2, 0.25) is 0 Å². The molecule has 2 saturated carbocycles. The summed E-state index contributed by atoms with van der Waals surface area (Å²) in [5, 5.41) is 30.1. The van der Waals surface area contributed by atoms with Crippen molar-refractivity contribution in [2.24, 2.45) is 10.8 Å². The molecule has 0 bridgehead atoms. The van der Waals surface area contributed by atoms with Gasteiger partial charge in [-0.15, -0.1) is 0 Å². The summed E-state index contributed by atoms with van der Waals surface area (Å²) in [5.74, 6) is -0.845. The van der Waals surface area contributed by atoms with Gasteiger partial charge >= 0.3 is 29.6 Å². The summed E-state index contributed by atoms with van der Waals surface area (Å²) in [6.45, 7) is 7.46. The van der Waals surface area contributed by atoms with E-state index in [1.165, 1.54) is 18.6 Å². The maximum Gasteiger partial charge on any atom is 1.00 e. The zero-order chi connectivity index (χ0) is 32.6. The molecule has 1 N–H and O–H groups in total. The van der Waals surface area contributed by atoms with Gasteiger partial charge in [0.2, 0.25) is 0 Å². The van der Waals surface area contributed by atoms with Gasteiger partial charge in [-0.2, -0.15) is 0 Å². The van der Waals surface area contributed by atoms with Gasteiger partial charge < -0.3 is 30.2 Å². The van der Waals surface area contributed by atoms with Crippen molar-refractivity contribution in [3.8, 4) is 5.75 Å². The number of halogens is 1. The minimum atomic E-state index is -0.570. The molecule has 2 heterocycles. The molecule has 6 rings (SSSR count). The minimum absolute atomic E-state index is 0. The molecule has 2 aliphatic heterocycles. The Morgan fingerprint density at radius 3 is 1.57 bits per heavy atom. The van der Waals surface area contributed by atoms with Crippen molar-refractivity contribution in [1.82, 2.24) is 0 Å². The van der Waals surface area contributed by atoms with E-state index in [4.69, 9.17) is 23.7 Å². The Labute approximate surface area is 292 Å². The number of non-ortho nitro benzene ring substituents is 2. The minimum Gasteiger partial charge on any atom is -1.00 e. The molecule has 4 aliphatic rings. The van der Waals surface area contributed by atoms with Crippen LogP contribution in [0.1, 0.15) is 66.6 Å². The predicted molar refractivity (Wildman–Crippen MR) is 162 cm³/mol. The van der Waals surface area contributed by atoms with E-state index in [-0.39, 0.29) is 59.8 Å². The van der Waals surface area contributed by atoms with Gasteiger partial charge in [0.05, 0.1) is 54.9 Å². The summed E-state index contributed by atoms with van der Waals surface area (Å²) < 4.78 is 41.3. The average Bonchev–Trinajstić information content (AvgIpc) is 3.72. The van der Waals surface area contributed by atoms with Crippen LogP contribution in [0, 0.1) is 36.9 Å². The fourth-order valence-electron chi connectivity index (χ4n) is 6.48. The Morgan fingerprint density at radius 2 is 1.13 bits per heavy atom. The molecule has 2 aromatic carbocycles. The summed E-state index contributed by atoms with van der Waals surface area (Å²) in [5.41, 5.74) is -0.429. The number of hydrogen-bond acceptors (Lipinski definition) is 10. The molecule has 0 aromatic heterocycles. The van der Waals surface area contributed by atoms with E-state index in [9.17, 15) is 29.7 Å². The van der Waals surface area contributed by atoms with Crippen molar-refractivity contribution < 1.29 is 74.0 Å². The van der Waals surface area contributed by atoms with Crippen molar-refractivity contribution in [3.05, 3.63) is 74.6 Å². The summed E-state index contributed by atoms with van der Waals surface area (Å²) in [4.78, 5) is 19.7. The summed E-state index contributed by atoms with van der Waals surface area (Å²) in [7, 11) is 0. The quantitative estimate of drug-likeness (QED) is 0.278. The van der Waals surface area contributed by atoms with Crippen LogP contribution in [-0.2, 0) is 18.9 Å². The van der Waals surface area contributed by atoms with Crippen LogP contribution in [-0.4, -0.2) is 66.2 Å². The summed E-state index contributed by atoms with van der Waals surface area (Å²) in [6, 6.07) is 10.5. The Morgan fingerprint density at radius 1 is 0.739 bits per heavy atom.